The first-order valence-electron chi connectivity index (χ1n) is 5.38. The molecule has 1 heterocycles. The van der Waals surface area contributed by atoms with Gasteiger partial charge in [0.1, 0.15) is 0 Å². The van der Waals surface area contributed by atoms with Crippen LogP contribution in [-0.4, -0.2) is 26.8 Å². The van der Waals surface area contributed by atoms with Crippen LogP contribution in [0.5, 0.6) is 0 Å². The number of rotatable bonds is 3. The summed E-state index contributed by atoms with van der Waals surface area (Å²) in [4.78, 5) is 22.6. The normalized spacial score (nSPS) is 10.3. The zero-order valence-electron chi connectivity index (χ0n) is 9.76. The van der Waals surface area contributed by atoms with Crippen LogP contribution in [-0.2, 0) is 0 Å². The van der Waals surface area contributed by atoms with Crippen molar-refractivity contribution in [1.29, 1.82) is 0 Å². The van der Waals surface area contributed by atoms with Crippen LogP contribution >= 0.6 is 15.9 Å². The van der Waals surface area contributed by atoms with Crippen LogP contribution in [0.2, 0.25) is 0 Å². The maximum Gasteiger partial charge on any atom is 0.243 e. The van der Waals surface area contributed by atoms with Crippen LogP contribution in [0.3, 0.4) is 0 Å². The number of nitrogens with zero attached hydrogens (tertiary/aromatic N) is 2. The Bertz CT molecular complexity index is 587. The lowest BCUT2D eigenvalue weighted by Gasteiger charge is -1.99. The summed E-state index contributed by atoms with van der Waals surface area (Å²) in [6.07, 6.45) is 1.62. The maximum absolute atomic E-state index is 11.4. The second-order valence-corrected chi connectivity index (χ2v) is 4.36. The van der Waals surface area contributed by atoms with E-state index in [0.29, 0.717) is 16.6 Å². The average Bonchev–Trinajstić information content (AvgIpc) is 2.88. The SMILES string of the molecule is CC(=O)n1ccc(-c2ccc(C(=O)CBr)cc2)n1. The Morgan fingerprint density at radius 1 is 1.22 bits per heavy atom. The zero-order valence-corrected chi connectivity index (χ0v) is 11.3. The molecule has 18 heavy (non-hydrogen) atoms. The lowest BCUT2D eigenvalue weighted by atomic mass is 10.1. The highest BCUT2D eigenvalue weighted by Crippen LogP contribution is 2.18. The Balaban J connectivity index is 2.28. The van der Waals surface area contributed by atoms with E-state index in [1.54, 1.807) is 24.4 Å². The first-order valence-corrected chi connectivity index (χ1v) is 6.50. The van der Waals surface area contributed by atoms with E-state index >= 15 is 0 Å². The van der Waals surface area contributed by atoms with Crippen LogP contribution in [0.1, 0.15) is 22.1 Å². The van der Waals surface area contributed by atoms with E-state index < -0.39 is 0 Å². The first-order chi connectivity index (χ1) is 8.61. The van der Waals surface area contributed by atoms with Crippen molar-refractivity contribution in [3.63, 3.8) is 0 Å². The number of alkyl halides is 1. The molecule has 2 rings (SSSR count). The topological polar surface area (TPSA) is 52.0 Å². The van der Waals surface area contributed by atoms with Gasteiger partial charge >= 0.3 is 0 Å². The quantitative estimate of drug-likeness (QED) is 0.647. The number of Topliss-reactive ketones (excluding diaryl/α,β-unsaturated/α-hetero) is 1. The molecule has 2 aromatic rings. The Hall–Kier alpha value is -1.75. The molecule has 92 valence electrons. The predicted molar refractivity (Wildman–Crippen MR) is 72.1 cm³/mol. The molecule has 0 saturated heterocycles. The van der Waals surface area contributed by atoms with E-state index in [0.717, 1.165) is 5.56 Å². The molecule has 0 spiro atoms. The second kappa shape index (κ2) is 5.27. The highest BCUT2D eigenvalue weighted by molar-refractivity contribution is 9.09. The Morgan fingerprint density at radius 2 is 1.89 bits per heavy atom. The summed E-state index contributed by atoms with van der Waals surface area (Å²) in [5.41, 5.74) is 2.24. The van der Waals surface area contributed by atoms with Gasteiger partial charge in [-0.15, -0.1) is 0 Å². The van der Waals surface area contributed by atoms with Crippen molar-refractivity contribution in [2.45, 2.75) is 6.92 Å². The fourth-order valence-electron chi connectivity index (χ4n) is 1.56. The molecular formula is C13H11BrN2O2. The molecule has 1 aromatic heterocycles. The minimum Gasteiger partial charge on any atom is -0.293 e. The van der Waals surface area contributed by atoms with Gasteiger partial charge in [-0.3, -0.25) is 9.59 Å². The van der Waals surface area contributed by atoms with Gasteiger partial charge in [-0.25, -0.2) is 4.68 Å². The molecule has 4 nitrogen and oxygen atoms in total. The van der Waals surface area contributed by atoms with Crippen LogP contribution in [0, 0.1) is 0 Å². The second-order valence-electron chi connectivity index (χ2n) is 3.80. The van der Waals surface area contributed by atoms with Gasteiger partial charge in [0, 0.05) is 24.2 Å². The summed E-state index contributed by atoms with van der Waals surface area (Å²) < 4.78 is 1.28. The van der Waals surface area contributed by atoms with Crippen LogP contribution < -0.4 is 0 Å². The van der Waals surface area contributed by atoms with Crippen molar-refractivity contribution < 1.29 is 9.59 Å². The van der Waals surface area contributed by atoms with Crippen LogP contribution in [0.4, 0.5) is 0 Å². The summed E-state index contributed by atoms with van der Waals surface area (Å²) in [6.45, 7) is 1.45. The van der Waals surface area contributed by atoms with Gasteiger partial charge in [0.2, 0.25) is 5.91 Å². The number of halogens is 1. The molecule has 0 bridgehead atoms. The van der Waals surface area contributed by atoms with E-state index in [4.69, 9.17) is 0 Å². The average molecular weight is 307 g/mol. The summed E-state index contributed by atoms with van der Waals surface area (Å²) in [7, 11) is 0. The number of hydrogen-bond acceptors (Lipinski definition) is 3. The van der Waals surface area contributed by atoms with Gasteiger partial charge in [0.25, 0.3) is 0 Å². The highest BCUT2D eigenvalue weighted by Gasteiger charge is 2.07. The fourth-order valence-corrected chi connectivity index (χ4v) is 1.88. The highest BCUT2D eigenvalue weighted by atomic mass is 79.9. The summed E-state index contributed by atoms with van der Waals surface area (Å²) in [6, 6.07) is 8.92. The number of carbonyl (C=O) groups is 2. The largest absolute Gasteiger partial charge is 0.293 e. The number of ketones is 1. The Morgan fingerprint density at radius 3 is 2.39 bits per heavy atom. The molecule has 0 aliphatic rings. The molecule has 0 atom stereocenters. The molecule has 0 radical (unpaired) electrons. The summed E-state index contributed by atoms with van der Waals surface area (Å²) in [5, 5.41) is 4.46. The smallest absolute Gasteiger partial charge is 0.243 e. The lowest BCUT2D eigenvalue weighted by Crippen LogP contribution is -2.05. The molecule has 0 N–H and O–H groups in total. The molecule has 0 aliphatic carbocycles. The third kappa shape index (κ3) is 2.56. The van der Waals surface area contributed by atoms with Gasteiger partial charge in [0.05, 0.1) is 11.0 Å². The number of carbonyl (C=O) groups excluding carboxylic acids is 2. The van der Waals surface area contributed by atoms with E-state index in [2.05, 4.69) is 21.0 Å². The fraction of sp³-hybridized carbons (Fsp3) is 0.154. The number of aromatic nitrogens is 2. The van der Waals surface area contributed by atoms with Crippen LogP contribution in [0.25, 0.3) is 11.3 Å². The first kappa shape index (κ1) is 12.7. The third-order valence-corrected chi connectivity index (χ3v) is 3.05. The van der Waals surface area contributed by atoms with E-state index in [9.17, 15) is 9.59 Å². The summed E-state index contributed by atoms with van der Waals surface area (Å²) in [5.74, 6) is -0.0943. The van der Waals surface area contributed by atoms with Gasteiger partial charge in [0.15, 0.2) is 5.78 Å². The van der Waals surface area contributed by atoms with Crippen molar-refractivity contribution in [1.82, 2.24) is 9.78 Å². The van der Waals surface area contributed by atoms with E-state index in [1.807, 2.05) is 12.1 Å². The lowest BCUT2D eigenvalue weighted by molar-refractivity contribution is 0.0921. The van der Waals surface area contributed by atoms with Gasteiger partial charge in [-0.2, -0.15) is 5.10 Å². The molecule has 1 aromatic carbocycles. The molecule has 0 fully saturated rings. The molecule has 0 unspecified atom stereocenters. The minimum absolute atomic E-state index is 0.0378. The standard InChI is InChI=1S/C13H11BrN2O2/c1-9(17)16-7-6-12(15-16)10-2-4-11(5-3-10)13(18)8-14/h2-7H,8H2,1H3. The summed E-state index contributed by atoms with van der Waals surface area (Å²) >= 11 is 3.13. The van der Waals surface area contributed by atoms with Gasteiger partial charge < -0.3 is 0 Å². The molecule has 0 aliphatic heterocycles. The Labute approximate surface area is 113 Å². The van der Waals surface area contributed by atoms with Crippen molar-refractivity contribution in [3.8, 4) is 11.3 Å². The number of hydrogen-bond donors (Lipinski definition) is 0. The van der Waals surface area contributed by atoms with E-state index in [1.165, 1.54) is 11.6 Å². The predicted octanol–water partition coefficient (Wildman–Crippen LogP) is 2.79. The van der Waals surface area contributed by atoms with Gasteiger partial charge in [-0.05, 0) is 6.07 Å². The van der Waals surface area contributed by atoms with Crippen molar-refractivity contribution >= 4 is 27.6 Å². The molecule has 5 heteroatoms. The maximum atomic E-state index is 11.4. The third-order valence-electron chi connectivity index (χ3n) is 2.54. The van der Waals surface area contributed by atoms with Crippen molar-refractivity contribution in [3.05, 3.63) is 42.1 Å². The molecule has 0 saturated carbocycles. The van der Waals surface area contributed by atoms with Gasteiger partial charge in [-0.1, -0.05) is 40.2 Å². The van der Waals surface area contributed by atoms with Crippen LogP contribution in [0.15, 0.2) is 36.5 Å². The van der Waals surface area contributed by atoms with E-state index in [-0.39, 0.29) is 11.7 Å². The molecule has 0 amide bonds. The van der Waals surface area contributed by atoms with Crippen molar-refractivity contribution in [2.75, 3.05) is 5.33 Å². The zero-order chi connectivity index (χ0) is 13.1. The van der Waals surface area contributed by atoms with Crippen molar-refractivity contribution in [2.24, 2.45) is 0 Å². The minimum atomic E-state index is -0.132. The monoisotopic (exact) mass is 306 g/mol. The Kier molecular flexibility index (Phi) is 3.72. The molecular weight excluding hydrogens is 296 g/mol. The number of benzene rings is 1.